The maximum atomic E-state index is 11.9. The van der Waals surface area contributed by atoms with E-state index in [1.165, 1.54) is 0 Å². The Bertz CT molecular complexity index is 203. The third-order valence-electron chi connectivity index (χ3n) is 1.31. The van der Waals surface area contributed by atoms with Crippen LogP contribution in [-0.2, 0) is 9.53 Å². The van der Waals surface area contributed by atoms with E-state index in [9.17, 15) is 13.6 Å². The highest BCUT2D eigenvalue weighted by atomic mass is 19.3. The molecule has 6 heteroatoms. The second kappa shape index (κ2) is 4.65. The average Bonchev–Trinajstić information content (AvgIpc) is 1.98. The standard InChI is InChI=1S/C8H15F2NO3/c1-8(2,3)14-7(13)4(11)5(12)6(9)10/h4-6,12H,11H2,1-3H3. The summed E-state index contributed by atoms with van der Waals surface area (Å²) in [4.78, 5) is 11.1. The van der Waals surface area contributed by atoms with E-state index in [-0.39, 0.29) is 0 Å². The van der Waals surface area contributed by atoms with Gasteiger partial charge in [-0.15, -0.1) is 0 Å². The highest BCUT2D eigenvalue weighted by Gasteiger charge is 2.33. The number of aliphatic hydroxyl groups excluding tert-OH is 1. The Hall–Kier alpha value is -0.750. The molecule has 3 N–H and O–H groups in total. The minimum Gasteiger partial charge on any atom is -0.459 e. The second-order valence-corrected chi connectivity index (χ2v) is 3.88. The van der Waals surface area contributed by atoms with Crippen molar-refractivity contribution in [1.29, 1.82) is 0 Å². The lowest BCUT2D eigenvalue weighted by atomic mass is 10.1. The van der Waals surface area contributed by atoms with Crippen LogP contribution in [0.1, 0.15) is 20.8 Å². The number of ether oxygens (including phenoxy) is 1. The van der Waals surface area contributed by atoms with Crippen molar-refractivity contribution < 1.29 is 23.4 Å². The Morgan fingerprint density at radius 2 is 1.86 bits per heavy atom. The van der Waals surface area contributed by atoms with Gasteiger partial charge < -0.3 is 15.6 Å². The molecule has 0 rings (SSSR count). The summed E-state index contributed by atoms with van der Waals surface area (Å²) >= 11 is 0. The molecule has 0 saturated heterocycles. The molecule has 0 bridgehead atoms. The Balaban J connectivity index is 4.26. The minimum atomic E-state index is -3.06. The molecule has 0 aromatic rings. The van der Waals surface area contributed by atoms with E-state index in [0.717, 1.165) is 0 Å². The Morgan fingerprint density at radius 3 is 2.14 bits per heavy atom. The van der Waals surface area contributed by atoms with Gasteiger partial charge in [0.1, 0.15) is 17.7 Å². The summed E-state index contributed by atoms with van der Waals surface area (Å²) in [6.07, 6.45) is -5.25. The van der Waals surface area contributed by atoms with E-state index in [4.69, 9.17) is 15.6 Å². The molecule has 2 unspecified atom stereocenters. The van der Waals surface area contributed by atoms with Gasteiger partial charge in [0.2, 0.25) is 0 Å². The summed E-state index contributed by atoms with van der Waals surface area (Å²) in [6.45, 7) is 4.73. The predicted octanol–water partition coefficient (Wildman–Crippen LogP) is 0.281. The van der Waals surface area contributed by atoms with Gasteiger partial charge in [0.25, 0.3) is 6.43 Å². The van der Waals surface area contributed by atoms with E-state index >= 15 is 0 Å². The van der Waals surface area contributed by atoms with Gasteiger partial charge in [0.15, 0.2) is 0 Å². The molecule has 0 aromatic heterocycles. The molecule has 0 radical (unpaired) electrons. The molecule has 4 nitrogen and oxygen atoms in total. The van der Waals surface area contributed by atoms with Crippen LogP contribution in [0.2, 0.25) is 0 Å². The fourth-order valence-corrected chi connectivity index (χ4v) is 0.666. The monoisotopic (exact) mass is 211 g/mol. The first-order valence-corrected chi connectivity index (χ1v) is 4.10. The lowest BCUT2D eigenvalue weighted by Gasteiger charge is -2.24. The molecular formula is C8H15F2NO3. The Labute approximate surface area is 81.0 Å². The average molecular weight is 211 g/mol. The molecule has 0 aromatic carbocycles. The fraction of sp³-hybridized carbons (Fsp3) is 0.875. The lowest BCUT2D eigenvalue weighted by molar-refractivity contribution is -0.162. The molecule has 0 aliphatic carbocycles. The molecule has 14 heavy (non-hydrogen) atoms. The summed E-state index contributed by atoms with van der Waals surface area (Å²) in [6, 6.07) is -1.71. The van der Waals surface area contributed by atoms with Crippen molar-refractivity contribution in [2.45, 2.75) is 44.9 Å². The normalized spacial score (nSPS) is 16.6. The van der Waals surface area contributed by atoms with Crippen molar-refractivity contribution in [3.05, 3.63) is 0 Å². The van der Waals surface area contributed by atoms with Crippen molar-refractivity contribution >= 4 is 5.97 Å². The summed E-state index contributed by atoms with van der Waals surface area (Å²) in [5.41, 5.74) is 4.26. The van der Waals surface area contributed by atoms with Gasteiger partial charge in [-0.2, -0.15) is 0 Å². The van der Waals surface area contributed by atoms with Gasteiger partial charge in [0, 0.05) is 0 Å². The van der Waals surface area contributed by atoms with Crippen LogP contribution in [0.15, 0.2) is 0 Å². The summed E-state index contributed by atoms with van der Waals surface area (Å²) < 4.78 is 28.6. The summed E-state index contributed by atoms with van der Waals surface area (Å²) in [5.74, 6) is -1.04. The topological polar surface area (TPSA) is 72.5 Å². The van der Waals surface area contributed by atoms with Gasteiger partial charge in [-0.25, -0.2) is 8.78 Å². The molecule has 0 amide bonds. The first kappa shape index (κ1) is 13.2. The van der Waals surface area contributed by atoms with E-state index in [0.29, 0.717) is 0 Å². The van der Waals surface area contributed by atoms with Crippen LogP contribution in [0, 0.1) is 0 Å². The van der Waals surface area contributed by atoms with Gasteiger partial charge in [-0.1, -0.05) is 0 Å². The molecule has 0 heterocycles. The van der Waals surface area contributed by atoms with Crippen molar-refractivity contribution in [2.75, 3.05) is 0 Å². The van der Waals surface area contributed by atoms with Crippen LogP contribution >= 0.6 is 0 Å². The van der Waals surface area contributed by atoms with Crippen LogP contribution in [0.5, 0.6) is 0 Å². The molecule has 2 atom stereocenters. The number of nitrogens with two attached hydrogens (primary N) is 1. The number of carbonyl (C=O) groups is 1. The number of rotatable bonds is 3. The second-order valence-electron chi connectivity index (χ2n) is 3.88. The van der Waals surface area contributed by atoms with Crippen LogP contribution < -0.4 is 5.73 Å². The number of carbonyl (C=O) groups excluding carboxylic acids is 1. The number of alkyl halides is 2. The third-order valence-corrected chi connectivity index (χ3v) is 1.31. The minimum absolute atomic E-state index is 0.809. The molecule has 0 aliphatic heterocycles. The highest BCUT2D eigenvalue weighted by molar-refractivity contribution is 5.76. The van der Waals surface area contributed by atoms with Crippen LogP contribution in [0.4, 0.5) is 8.78 Å². The summed E-state index contributed by atoms with van der Waals surface area (Å²) in [5, 5.41) is 8.79. The van der Waals surface area contributed by atoms with Crippen LogP contribution in [-0.4, -0.2) is 35.2 Å². The lowest BCUT2D eigenvalue weighted by Crippen LogP contribution is -2.48. The Morgan fingerprint density at radius 1 is 1.43 bits per heavy atom. The smallest absolute Gasteiger partial charge is 0.326 e. The molecule has 0 saturated carbocycles. The molecular weight excluding hydrogens is 196 g/mol. The maximum absolute atomic E-state index is 11.9. The predicted molar refractivity (Wildman–Crippen MR) is 45.8 cm³/mol. The quantitative estimate of drug-likeness (QED) is 0.658. The Kier molecular flexibility index (Phi) is 4.41. The van der Waals surface area contributed by atoms with Crippen molar-refractivity contribution in [3.63, 3.8) is 0 Å². The molecule has 84 valence electrons. The number of hydrogen-bond donors (Lipinski definition) is 2. The zero-order valence-corrected chi connectivity index (χ0v) is 8.33. The maximum Gasteiger partial charge on any atom is 0.326 e. The van der Waals surface area contributed by atoms with E-state index in [1.807, 2.05) is 0 Å². The van der Waals surface area contributed by atoms with E-state index < -0.39 is 30.1 Å². The highest BCUT2D eigenvalue weighted by Crippen LogP contribution is 2.11. The first-order valence-electron chi connectivity index (χ1n) is 4.10. The molecule has 0 aliphatic rings. The fourth-order valence-electron chi connectivity index (χ4n) is 0.666. The van der Waals surface area contributed by atoms with Crippen LogP contribution in [0.25, 0.3) is 0 Å². The zero-order chi connectivity index (χ0) is 11.5. The number of halogens is 2. The summed E-state index contributed by atoms with van der Waals surface area (Å²) in [7, 11) is 0. The molecule has 0 spiro atoms. The first-order chi connectivity index (χ1) is 6.15. The van der Waals surface area contributed by atoms with Crippen molar-refractivity contribution in [3.8, 4) is 0 Å². The zero-order valence-electron chi connectivity index (χ0n) is 8.33. The molecule has 0 fully saturated rings. The van der Waals surface area contributed by atoms with Gasteiger partial charge in [-0.3, -0.25) is 4.79 Å². The van der Waals surface area contributed by atoms with Crippen molar-refractivity contribution in [2.24, 2.45) is 5.73 Å². The number of hydrogen-bond acceptors (Lipinski definition) is 4. The SMILES string of the molecule is CC(C)(C)OC(=O)C(N)C(O)C(F)F. The van der Waals surface area contributed by atoms with E-state index in [1.54, 1.807) is 20.8 Å². The van der Waals surface area contributed by atoms with Crippen molar-refractivity contribution in [1.82, 2.24) is 0 Å². The van der Waals surface area contributed by atoms with Gasteiger partial charge in [-0.05, 0) is 20.8 Å². The van der Waals surface area contributed by atoms with Gasteiger partial charge in [0.05, 0.1) is 0 Å². The van der Waals surface area contributed by atoms with Crippen LogP contribution in [0.3, 0.4) is 0 Å². The number of aliphatic hydroxyl groups is 1. The third kappa shape index (κ3) is 4.48. The van der Waals surface area contributed by atoms with Gasteiger partial charge >= 0.3 is 5.97 Å². The van der Waals surface area contributed by atoms with E-state index in [2.05, 4.69) is 0 Å². The number of esters is 1. The largest absolute Gasteiger partial charge is 0.459 e.